The van der Waals surface area contributed by atoms with E-state index in [2.05, 4.69) is 39.9 Å². The summed E-state index contributed by atoms with van der Waals surface area (Å²) in [7, 11) is 1.78. The number of carbonyl (C=O) groups is 1. The van der Waals surface area contributed by atoms with Gasteiger partial charge in [-0.15, -0.1) is 0 Å². The van der Waals surface area contributed by atoms with Gasteiger partial charge in [0.1, 0.15) is 0 Å². The van der Waals surface area contributed by atoms with E-state index in [1.54, 1.807) is 7.05 Å². The molecule has 0 spiro atoms. The van der Waals surface area contributed by atoms with Crippen molar-refractivity contribution in [2.45, 2.75) is 45.2 Å². The number of ether oxygens (including phenoxy) is 2. The minimum Gasteiger partial charge on any atom is -0.381 e. The minimum absolute atomic E-state index is 0.264. The van der Waals surface area contributed by atoms with E-state index in [0.717, 1.165) is 71.2 Å². The number of nitrogens with zero attached hydrogens (tertiary/aromatic N) is 2. The zero-order valence-corrected chi connectivity index (χ0v) is 18.2. The smallest absolute Gasteiger partial charge is 0.222 e. The maximum absolute atomic E-state index is 11.8. The van der Waals surface area contributed by atoms with Crippen molar-refractivity contribution in [3.63, 3.8) is 0 Å². The summed E-state index contributed by atoms with van der Waals surface area (Å²) in [5.41, 5.74) is 2.36. The number of amides is 1. The van der Waals surface area contributed by atoms with Crippen molar-refractivity contribution in [1.29, 1.82) is 0 Å². The molecule has 2 aliphatic rings. The van der Waals surface area contributed by atoms with Gasteiger partial charge in [0.15, 0.2) is 5.96 Å². The van der Waals surface area contributed by atoms with E-state index in [-0.39, 0.29) is 5.91 Å². The lowest BCUT2D eigenvalue weighted by Gasteiger charge is -2.21. The molecule has 2 aliphatic heterocycles. The Kier molecular flexibility index (Phi) is 9.44. The van der Waals surface area contributed by atoms with Gasteiger partial charge in [0.05, 0.1) is 0 Å². The van der Waals surface area contributed by atoms with Gasteiger partial charge in [0.25, 0.3) is 0 Å². The van der Waals surface area contributed by atoms with Gasteiger partial charge in [-0.1, -0.05) is 24.3 Å². The second-order valence-corrected chi connectivity index (χ2v) is 8.08. The SMILES string of the molecule is CN=C(NCCCOCC1CCOCC1)NCc1cccc(CN2CCCC2=O)c1. The van der Waals surface area contributed by atoms with Gasteiger partial charge < -0.3 is 25.0 Å². The number of aliphatic imine (C=N–C) groups is 1. The number of hydrogen-bond acceptors (Lipinski definition) is 4. The highest BCUT2D eigenvalue weighted by atomic mass is 16.5. The molecule has 2 N–H and O–H groups in total. The van der Waals surface area contributed by atoms with Crippen LogP contribution in [0.2, 0.25) is 0 Å². The van der Waals surface area contributed by atoms with Crippen molar-refractivity contribution in [2.24, 2.45) is 10.9 Å². The van der Waals surface area contributed by atoms with E-state index < -0.39 is 0 Å². The van der Waals surface area contributed by atoms with Crippen molar-refractivity contribution < 1.29 is 14.3 Å². The van der Waals surface area contributed by atoms with Crippen molar-refractivity contribution in [1.82, 2.24) is 15.5 Å². The summed E-state index contributed by atoms with van der Waals surface area (Å²) in [4.78, 5) is 18.1. The van der Waals surface area contributed by atoms with Gasteiger partial charge in [0.2, 0.25) is 5.91 Å². The lowest BCUT2D eigenvalue weighted by molar-refractivity contribution is -0.128. The predicted molar refractivity (Wildman–Crippen MR) is 118 cm³/mol. The summed E-state index contributed by atoms with van der Waals surface area (Å²) in [6, 6.07) is 8.40. The Labute approximate surface area is 180 Å². The zero-order valence-electron chi connectivity index (χ0n) is 18.2. The number of likely N-dealkylation sites (tertiary alicyclic amines) is 1. The highest BCUT2D eigenvalue weighted by molar-refractivity contribution is 5.79. The second kappa shape index (κ2) is 12.5. The molecule has 2 saturated heterocycles. The van der Waals surface area contributed by atoms with Gasteiger partial charge >= 0.3 is 0 Å². The Balaban J connectivity index is 1.31. The molecule has 0 bridgehead atoms. The highest BCUT2D eigenvalue weighted by Gasteiger charge is 2.20. The predicted octanol–water partition coefficient (Wildman–Crippen LogP) is 2.31. The Morgan fingerprint density at radius 3 is 2.87 bits per heavy atom. The molecule has 7 heteroatoms. The first-order valence-corrected chi connectivity index (χ1v) is 11.2. The molecule has 30 heavy (non-hydrogen) atoms. The Hall–Kier alpha value is -2.12. The number of nitrogens with one attached hydrogen (secondary N) is 2. The largest absolute Gasteiger partial charge is 0.381 e. The summed E-state index contributed by atoms with van der Waals surface area (Å²) >= 11 is 0. The molecule has 166 valence electrons. The molecule has 1 aromatic rings. The molecule has 0 aromatic heterocycles. The molecular formula is C23H36N4O3. The normalized spacial score (nSPS) is 18.1. The molecule has 0 saturated carbocycles. The van der Waals surface area contributed by atoms with Crippen LogP contribution in [-0.2, 0) is 27.4 Å². The van der Waals surface area contributed by atoms with E-state index in [4.69, 9.17) is 9.47 Å². The van der Waals surface area contributed by atoms with Crippen LogP contribution >= 0.6 is 0 Å². The van der Waals surface area contributed by atoms with Crippen molar-refractivity contribution in [2.75, 3.05) is 46.6 Å². The fourth-order valence-corrected chi connectivity index (χ4v) is 3.88. The molecule has 0 aliphatic carbocycles. The lowest BCUT2D eigenvalue weighted by atomic mass is 10.0. The third-order valence-electron chi connectivity index (χ3n) is 5.67. The fourth-order valence-electron chi connectivity index (χ4n) is 3.88. The first-order chi connectivity index (χ1) is 14.7. The fraction of sp³-hybridized carbons (Fsp3) is 0.652. The van der Waals surface area contributed by atoms with E-state index >= 15 is 0 Å². The lowest BCUT2D eigenvalue weighted by Crippen LogP contribution is -2.37. The van der Waals surface area contributed by atoms with Crippen molar-refractivity contribution in [3.8, 4) is 0 Å². The molecule has 2 fully saturated rings. The molecule has 3 rings (SSSR count). The second-order valence-electron chi connectivity index (χ2n) is 8.08. The Morgan fingerprint density at radius 2 is 2.10 bits per heavy atom. The monoisotopic (exact) mass is 416 g/mol. The van der Waals surface area contributed by atoms with E-state index in [9.17, 15) is 4.79 Å². The van der Waals surface area contributed by atoms with Crippen LogP contribution in [0.1, 0.15) is 43.2 Å². The summed E-state index contributed by atoms with van der Waals surface area (Å²) in [6.45, 7) is 6.44. The molecule has 1 aromatic carbocycles. The first kappa shape index (κ1) is 22.6. The molecule has 1 amide bonds. The third kappa shape index (κ3) is 7.61. The standard InChI is InChI=1S/C23H36N4O3/c1-24-23(25-10-4-12-30-18-19-8-13-29-14-9-19)26-16-20-5-2-6-21(15-20)17-27-11-3-7-22(27)28/h2,5-6,15,19H,3-4,7-14,16-18H2,1H3,(H2,24,25,26). The zero-order chi connectivity index (χ0) is 21.0. The third-order valence-corrected chi connectivity index (χ3v) is 5.67. The van der Waals surface area contributed by atoms with Crippen LogP contribution in [0, 0.1) is 5.92 Å². The molecular weight excluding hydrogens is 380 g/mol. The Bertz CT molecular complexity index is 689. The maximum Gasteiger partial charge on any atom is 0.222 e. The number of hydrogen-bond donors (Lipinski definition) is 2. The number of benzene rings is 1. The number of carbonyl (C=O) groups excluding carboxylic acids is 1. The average molecular weight is 417 g/mol. The van der Waals surface area contributed by atoms with Gasteiger partial charge in [-0.3, -0.25) is 9.79 Å². The van der Waals surface area contributed by atoms with Gasteiger partial charge in [-0.25, -0.2) is 0 Å². The minimum atomic E-state index is 0.264. The van der Waals surface area contributed by atoms with Crippen LogP contribution in [0.3, 0.4) is 0 Å². The van der Waals surface area contributed by atoms with Crippen LogP contribution in [0.25, 0.3) is 0 Å². The van der Waals surface area contributed by atoms with Gasteiger partial charge in [0, 0.05) is 66.1 Å². The summed E-state index contributed by atoms with van der Waals surface area (Å²) in [5, 5.41) is 6.70. The van der Waals surface area contributed by atoms with Gasteiger partial charge in [-0.2, -0.15) is 0 Å². The highest BCUT2D eigenvalue weighted by Crippen LogP contribution is 2.16. The molecule has 0 unspecified atom stereocenters. The topological polar surface area (TPSA) is 75.2 Å². The maximum atomic E-state index is 11.8. The average Bonchev–Trinajstić information content (AvgIpc) is 3.18. The number of rotatable bonds is 10. The molecule has 2 heterocycles. The summed E-state index contributed by atoms with van der Waals surface area (Å²) in [5.74, 6) is 1.71. The van der Waals surface area contributed by atoms with Crippen molar-refractivity contribution >= 4 is 11.9 Å². The molecule has 7 nitrogen and oxygen atoms in total. The van der Waals surface area contributed by atoms with E-state index in [1.165, 1.54) is 11.1 Å². The molecule has 0 atom stereocenters. The van der Waals surface area contributed by atoms with Crippen LogP contribution in [0.15, 0.2) is 29.3 Å². The van der Waals surface area contributed by atoms with Crippen LogP contribution in [0.5, 0.6) is 0 Å². The van der Waals surface area contributed by atoms with Crippen LogP contribution < -0.4 is 10.6 Å². The Morgan fingerprint density at radius 1 is 1.27 bits per heavy atom. The first-order valence-electron chi connectivity index (χ1n) is 11.2. The van der Waals surface area contributed by atoms with Crippen LogP contribution in [-0.4, -0.2) is 63.3 Å². The quantitative estimate of drug-likeness (QED) is 0.348. The molecule has 0 radical (unpaired) electrons. The van der Waals surface area contributed by atoms with E-state index in [0.29, 0.717) is 25.4 Å². The van der Waals surface area contributed by atoms with Gasteiger partial charge in [-0.05, 0) is 42.7 Å². The van der Waals surface area contributed by atoms with Crippen molar-refractivity contribution in [3.05, 3.63) is 35.4 Å². The van der Waals surface area contributed by atoms with E-state index in [1.807, 2.05) is 4.90 Å². The summed E-state index contributed by atoms with van der Waals surface area (Å²) < 4.78 is 11.2. The summed E-state index contributed by atoms with van der Waals surface area (Å²) in [6.07, 6.45) is 4.84. The number of guanidine groups is 1. The van der Waals surface area contributed by atoms with Crippen LogP contribution in [0.4, 0.5) is 0 Å².